The van der Waals surface area contributed by atoms with Crippen LogP contribution < -0.4 is 9.47 Å². The highest BCUT2D eigenvalue weighted by molar-refractivity contribution is 5.55. The van der Waals surface area contributed by atoms with E-state index < -0.39 is 4.92 Å². The van der Waals surface area contributed by atoms with Crippen LogP contribution in [0.5, 0.6) is 11.5 Å². The molecule has 0 radical (unpaired) electrons. The molecule has 0 fully saturated rings. The number of ether oxygens (including phenoxy) is 2. The topological polar surface area (TPSA) is 81.8 Å². The number of nitrogens with zero attached hydrogens (tertiary/aromatic N) is 1. The zero-order valence-corrected chi connectivity index (χ0v) is 8.17. The third-order valence-corrected chi connectivity index (χ3v) is 1.71. The smallest absolute Gasteiger partial charge is 0.314 e. The molecule has 15 heavy (non-hydrogen) atoms. The number of nitro benzene ring substituents is 1. The maximum Gasteiger partial charge on any atom is 0.314 e. The molecule has 0 atom stereocenters. The lowest BCUT2D eigenvalue weighted by Crippen LogP contribution is -2.04. The van der Waals surface area contributed by atoms with Gasteiger partial charge in [-0.05, 0) is 6.07 Å². The molecule has 6 heteroatoms. The van der Waals surface area contributed by atoms with Gasteiger partial charge in [-0.25, -0.2) is 0 Å². The summed E-state index contributed by atoms with van der Waals surface area (Å²) in [5, 5.41) is 19.2. The second kappa shape index (κ2) is 5.16. The van der Waals surface area contributed by atoms with E-state index in [0.29, 0.717) is 0 Å². The van der Waals surface area contributed by atoms with Crippen molar-refractivity contribution in [3.63, 3.8) is 0 Å². The van der Waals surface area contributed by atoms with Gasteiger partial charge in [0.25, 0.3) is 0 Å². The van der Waals surface area contributed by atoms with Crippen molar-refractivity contribution in [1.29, 1.82) is 0 Å². The average Bonchev–Trinajstić information content (AvgIpc) is 2.25. The standard InChI is InChI=1S/C9H11NO5/c1-14-9-7(10(12)13)3-2-4-8(9)15-6-5-11/h2-4,11H,5-6H2,1H3. The summed E-state index contributed by atoms with van der Waals surface area (Å²) in [5.41, 5.74) is -0.159. The van der Waals surface area contributed by atoms with E-state index in [1.54, 1.807) is 6.07 Å². The van der Waals surface area contributed by atoms with Crippen molar-refractivity contribution >= 4 is 5.69 Å². The Labute approximate surface area is 86.2 Å². The van der Waals surface area contributed by atoms with Gasteiger partial charge in [-0.1, -0.05) is 6.07 Å². The monoisotopic (exact) mass is 213 g/mol. The van der Waals surface area contributed by atoms with Gasteiger partial charge >= 0.3 is 5.69 Å². The van der Waals surface area contributed by atoms with E-state index in [-0.39, 0.29) is 30.4 Å². The molecule has 6 nitrogen and oxygen atoms in total. The lowest BCUT2D eigenvalue weighted by atomic mass is 10.3. The minimum Gasteiger partial charge on any atom is -0.488 e. The van der Waals surface area contributed by atoms with Crippen LogP contribution in [0.4, 0.5) is 5.69 Å². The summed E-state index contributed by atoms with van der Waals surface area (Å²) in [5.74, 6) is 0.316. The molecule has 0 spiro atoms. The van der Waals surface area contributed by atoms with Crippen LogP contribution in [0.2, 0.25) is 0 Å². The molecule has 0 aromatic heterocycles. The van der Waals surface area contributed by atoms with Gasteiger partial charge in [0.15, 0.2) is 5.75 Å². The first kappa shape index (κ1) is 11.3. The van der Waals surface area contributed by atoms with Crippen LogP contribution in [-0.2, 0) is 0 Å². The molecule has 1 aromatic rings. The van der Waals surface area contributed by atoms with Crippen molar-refractivity contribution in [2.75, 3.05) is 20.3 Å². The Kier molecular flexibility index (Phi) is 3.87. The minimum absolute atomic E-state index is 0.0657. The Morgan fingerprint density at radius 1 is 1.53 bits per heavy atom. The fourth-order valence-electron chi connectivity index (χ4n) is 1.12. The van der Waals surface area contributed by atoms with Gasteiger partial charge in [0.2, 0.25) is 5.75 Å². The highest BCUT2D eigenvalue weighted by Crippen LogP contribution is 2.36. The Bertz CT molecular complexity index is 352. The maximum atomic E-state index is 10.6. The van der Waals surface area contributed by atoms with Crippen molar-refractivity contribution in [2.45, 2.75) is 0 Å². The second-order valence-corrected chi connectivity index (χ2v) is 2.64. The van der Waals surface area contributed by atoms with Crippen LogP contribution >= 0.6 is 0 Å². The molecular weight excluding hydrogens is 202 g/mol. The van der Waals surface area contributed by atoms with E-state index in [0.717, 1.165) is 0 Å². The summed E-state index contributed by atoms with van der Waals surface area (Å²) in [7, 11) is 1.33. The second-order valence-electron chi connectivity index (χ2n) is 2.64. The summed E-state index contributed by atoms with van der Waals surface area (Å²) in [6.45, 7) is -0.0939. The molecule has 1 aromatic carbocycles. The van der Waals surface area contributed by atoms with Gasteiger partial charge in [0, 0.05) is 6.07 Å². The van der Waals surface area contributed by atoms with Gasteiger partial charge in [-0.15, -0.1) is 0 Å². The highest BCUT2D eigenvalue weighted by Gasteiger charge is 2.18. The fraction of sp³-hybridized carbons (Fsp3) is 0.333. The van der Waals surface area contributed by atoms with E-state index in [2.05, 4.69) is 0 Å². The number of rotatable bonds is 5. The van der Waals surface area contributed by atoms with E-state index >= 15 is 0 Å². The quantitative estimate of drug-likeness (QED) is 0.582. The molecule has 1 N–H and O–H groups in total. The van der Waals surface area contributed by atoms with Crippen molar-refractivity contribution in [3.05, 3.63) is 28.3 Å². The highest BCUT2D eigenvalue weighted by atomic mass is 16.6. The normalized spacial score (nSPS) is 9.73. The predicted molar refractivity (Wildman–Crippen MR) is 52.2 cm³/mol. The number of hydrogen-bond donors (Lipinski definition) is 1. The molecule has 82 valence electrons. The van der Waals surface area contributed by atoms with Crippen LogP contribution in [0.3, 0.4) is 0 Å². The number of hydrogen-bond acceptors (Lipinski definition) is 5. The van der Waals surface area contributed by atoms with Crippen molar-refractivity contribution in [2.24, 2.45) is 0 Å². The number of aliphatic hydroxyl groups excluding tert-OH is 1. The van der Waals surface area contributed by atoms with Gasteiger partial charge < -0.3 is 14.6 Å². The van der Waals surface area contributed by atoms with E-state index in [4.69, 9.17) is 14.6 Å². The molecule has 0 aliphatic heterocycles. The predicted octanol–water partition coefficient (Wildman–Crippen LogP) is 0.974. The molecule has 0 aliphatic carbocycles. The number of methoxy groups -OCH3 is 1. The van der Waals surface area contributed by atoms with Crippen molar-refractivity contribution in [1.82, 2.24) is 0 Å². The van der Waals surface area contributed by atoms with Gasteiger partial charge in [0.05, 0.1) is 18.6 Å². The third-order valence-electron chi connectivity index (χ3n) is 1.71. The molecule has 0 saturated carbocycles. The molecule has 0 heterocycles. The maximum absolute atomic E-state index is 10.6. The third kappa shape index (κ3) is 2.57. The first-order valence-corrected chi connectivity index (χ1v) is 4.25. The molecular formula is C9H11NO5. The summed E-state index contributed by atoms with van der Waals surface area (Å²) >= 11 is 0. The largest absolute Gasteiger partial charge is 0.488 e. The van der Waals surface area contributed by atoms with Gasteiger partial charge in [-0.2, -0.15) is 0 Å². The van der Waals surface area contributed by atoms with Crippen LogP contribution in [0.25, 0.3) is 0 Å². The van der Waals surface area contributed by atoms with Crippen LogP contribution in [-0.4, -0.2) is 30.4 Å². The molecule has 1 rings (SSSR count). The number of para-hydroxylation sites is 1. The van der Waals surface area contributed by atoms with Gasteiger partial charge in [-0.3, -0.25) is 10.1 Å². The first-order chi connectivity index (χ1) is 7.20. The van der Waals surface area contributed by atoms with Crippen molar-refractivity contribution < 1.29 is 19.5 Å². The SMILES string of the molecule is COc1c(OCCO)cccc1[N+](=O)[O-]. The number of aliphatic hydroxyl groups is 1. The van der Waals surface area contributed by atoms with Crippen LogP contribution in [0.15, 0.2) is 18.2 Å². The Morgan fingerprint density at radius 2 is 2.27 bits per heavy atom. The Hall–Kier alpha value is -1.82. The molecule has 0 unspecified atom stereocenters. The zero-order chi connectivity index (χ0) is 11.3. The molecule has 0 amide bonds. The van der Waals surface area contributed by atoms with Crippen LogP contribution in [0, 0.1) is 10.1 Å². The number of nitro groups is 1. The van der Waals surface area contributed by atoms with E-state index in [1.165, 1.54) is 19.2 Å². The average molecular weight is 213 g/mol. The lowest BCUT2D eigenvalue weighted by molar-refractivity contribution is -0.385. The summed E-state index contributed by atoms with van der Waals surface area (Å²) in [6.07, 6.45) is 0. The molecule has 0 saturated heterocycles. The molecule has 0 bridgehead atoms. The van der Waals surface area contributed by atoms with E-state index in [9.17, 15) is 10.1 Å². The van der Waals surface area contributed by atoms with Crippen molar-refractivity contribution in [3.8, 4) is 11.5 Å². The molecule has 0 aliphatic rings. The summed E-state index contributed by atoms with van der Waals surface area (Å²) in [6, 6.07) is 4.36. The summed E-state index contributed by atoms with van der Waals surface area (Å²) in [4.78, 5) is 10.1. The Morgan fingerprint density at radius 3 is 2.80 bits per heavy atom. The minimum atomic E-state index is -0.551. The first-order valence-electron chi connectivity index (χ1n) is 4.25. The fourth-order valence-corrected chi connectivity index (χ4v) is 1.12. The van der Waals surface area contributed by atoms with E-state index in [1.807, 2.05) is 0 Å². The summed E-state index contributed by atoms with van der Waals surface area (Å²) < 4.78 is 9.98. The van der Waals surface area contributed by atoms with Gasteiger partial charge in [0.1, 0.15) is 6.61 Å². The number of benzene rings is 1. The van der Waals surface area contributed by atoms with Crippen LogP contribution in [0.1, 0.15) is 0 Å². The Balaban J connectivity index is 3.04. The zero-order valence-electron chi connectivity index (χ0n) is 8.17. The lowest BCUT2D eigenvalue weighted by Gasteiger charge is -2.09.